The van der Waals surface area contributed by atoms with Gasteiger partial charge in [-0.25, -0.2) is 0 Å². The van der Waals surface area contributed by atoms with Gasteiger partial charge in [0.1, 0.15) is 0 Å². The van der Waals surface area contributed by atoms with Gasteiger partial charge in [-0.3, -0.25) is 14.9 Å². The Bertz CT molecular complexity index is 362. The van der Waals surface area contributed by atoms with Gasteiger partial charge >= 0.3 is 0 Å². The zero-order valence-electron chi connectivity index (χ0n) is 8.63. The Hall–Kier alpha value is -1.92. The number of hydrogen-bond donors (Lipinski definition) is 2. The van der Waals surface area contributed by atoms with Crippen molar-refractivity contribution < 1.29 is 14.9 Å². The molecule has 0 aromatic rings. The van der Waals surface area contributed by atoms with Crippen LogP contribution in [-0.4, -0.2) is 27.8 Å². The Morgan fingerprint density at radius 3 is 2.81 bits per heavy atom. The highest BCUT2D eigenvalue weighted by molar-refractivity contribution is 6.42. The van der Waals surface area contributed by atoms with Crippen LogP contribution in [0.1, 0.15) is 25.7 Å². The quantitative estimate of drug-likeness (QED) is 0.314. The zero-order valence-corrected chi connectivity index (χ0v) is 8.63. The van der Waals surface area contributed by atoms with E-state index in [-0.39, 0.29) is 10.6 Å². The zero-order chi connectivity index (χ0) is 12.1. The van der Waals surface area contributed by atoms with Crippen molar-refractivity contribution in [1.82, 2.24) is 0 Å². The molecular weight excluding hydrogens is 214 g/mol. The van der Waals surface area contributed by atoms with Crippen molar-refractivity contribution in [2.24, 2.45) is 10.9 Å². The average molecular weight is 227 g/mol. The lowest BCUT2D eigenvalue weighted by Gasteiger charge is -2.18. The highest BCUT2D eigenvalue weighted by Crippen LogP contribution is 2.25. The lowest BCUT2D eigenvalue weighted by atomic mass is 9.89. The van der Waals surface area contributed by atoms with E-state index in [1.165, 1.54) is 6.08 Å². The molecule has 1 amide bonds. The standard InChI is InChI=1S/C9H13N3O4/c10-9(13)7(11-14)5-6-3-1-2-4-8(6)12(15)16/h5,8,14H,1-4H2,(H2,10,13)/b6-5?,11-7+. The van der Waals surface area contributed by atoms with Crippen molar-refractivity contribution in [3.05, 3.63) is 21.8 Å². The number of nitro groups is 1. The molecule has 7 heteroatoms. The van der Waals surface area contributed by atoms with Crippen molar-refractivity contribution in [2.75, 3.05) is 0 Å². The number of nitrogens with two attached hydrogens (primary N) is 1. The van der Waals surface area contributed by atoms with Crippen molar-refractivity contribution >= 4 is 11.6 Å². The molecule has 0 aliphatic heterocycles. The number of carbonyl (C=O) groups excluding carboxylic acids is 1. The third-order valence-electron chi connectivity index (χ3n) is 2.56. The maximum atomic E-state index is 10.8. The molecule has 1 atom stereocenters. The second kappa shape index (κ2) is 5.24. The Kier molecular flexibility index (Phi) is 3.98. The van der Waals surface area contributed by atoms with Crippen LogP contribution in [0.3, 0.4) is 0 Å². The molecule has 1 unspecified atom stereocenters. The number of nitrogens with zero attached hydrogens (tertiary/aromatic N) is 2. The Labute approximate surface area is 91.8 Å². The van der Waals surface area contributed by atoms with Gasteiger partial charge in [0.05, 0.1) is 0 Å². The first-order valence-corrected chi connectivity index (χ1v) is 4.92. The second-order valence-corrected chi connectivity index (χ2v) is 3.62. The minimum atomic E-state index is -0.900. The van der Waals surface area contributed by atoms with E-state index in [1.807, 2.05) is 0 Å². The normalized spacial score (nSPS) is 24.4. The van der Waals surface area contributed by atoms with Gasteiger partial charge < -0.3 is 10.9 Å². The topological polar surface area (TPSA) is 119 Å². The first-order chi connectivity index (χ1) is 7.56. The summed E-state index contributed by atoms with van der Waals surface area (Å²) in [6.45, 7) is 0. The highest BCUT2D eigenvalue weighted by atomic mass is 16.6. The first kappa shape index (κ1) is 12.2. The van der Waals surface area contributed by atoms with Crippen molar-refractivity contribution in [3.8, 4) is 0 Å². The number of primary amides is 1. The molecule has 0 radical (unpaired) electrons. The summed E-state index contributed by atoms with van der Waals surface area (Å²) in [6.07, 6.45) is 3.79. The van der Waals surface area contributed by atoms with Crippen molar-refractivity contribution in [2.45, 2.75) is 31.7 Å². The SMILES string of the molecule is NC(=O)/C(C=C1CCCCC1[N+](=O)[O-])=N/O. The third-order valence-corrected chi connectivity index (χ3v) is 2.56. The van der Waals surface area contributed by atoms with Gasteiger partial charge in [-0.1, -0.05) is 5.16 Å². The lowest BCUT2D eigenvalue weighted by Crippen LogP contribution is -2.28. The van der Waals surface area contributed by atoms with Crippen molar-refractivity contribution in [1.29, 1.82) is 0 Å². The number of oxime groups is 1. The fourth-order valence-corrected chi connectivity index (χ4v) is 1.75. The Morgan fingerprint density at radius 2 is 2.31 bits per heavy atom. The van der Waals surface area contributed by atoms with Gasteiger partial charge in [0.25, 0.3) is 5.91 Å². The number of hydrogen-bond acceptors (Lipinski definition) is 5. The van der Waals surface area contributed by atoms with E-state index >= 15 is 0 Å². The van der Waals surface area contributed by atoms with E-state index in [0.717, 1.165) is 12.8 Å². The highest BCUT2D eigenvalue weighted by Gasteiger charge is 2.29. The number of amides is 1. The van der Waals surface area contributed by atoms with E-state index in [9.17, 15) is 14.9 Å². The fraction of sp³-hybridized carbons (Fsp3) is 0.556. The maximum absolute atomic E-state index is 10.8. The predicted molar refractivity (Wildman–Crippen MR) is 55.7 cm³/mol. The molecule has 1 fully saturated rings. The predicted octanol–water partition coefficient (Wildman–Crippen LogP) is 0.448. The maximum Gasteiger partial charge on any atom is 0.270 e. The van der Waals surface area contributed by atoms with Crippen LogP contribution < -0.4 is 5.73 Å². The second-order valence-electron chi connectivity index (χ2n) is 3.62. The average Bonchev–Trinajstić information content (AvgIpc) is 2.25. The summed E-state index contributed by atoms with van der Waals surface area (Å²) in [6, 6.07) is -0.801. The van der Waals surface area contributed by atoms with Crippen LogP contribution in [0.4, 0.5) is 0 Å². The van der Waals surface area contributed by atoms with Crippen LogP contribution in [-0.2, 0) is 4.79 Å². The molecule has 7 nitrogen and oxygen atoms in total. The third kappa shape index (κ3) is 2.78. The number of carbonyl (C=O) groups is 1. The van der Waals surface area contributed by atoms with Crippen LogP contribution >= 0.6 is 0 Å². The van der Waals surface area contributed by atoms with E-state index in [4.69, 9.17) is 10.9 Å². The van der Waals surface area contributed by atoms with Gasteiger partial charge in [0.15, 0.2) is 5.71 Å². The molecule has 3 N–H and O–H groups in total. The lowest BCUT2D eigenvalue weighted by molar-refractivity contribution is -0.514. The summed E-state index contributed by atoms with van der Waals surface area (Å²) in [5.74, 6) is -0.900. The van der Waals surface area contributed by atoms with Gasteiger partial charge in [-0.05, 0) is 25.3 Å². The minimum Gasteiger partial charge on any atom is -0.410 e. The van der Waals surface area contributed by atoms with E-state index in [0.29, 0.717) is 18.4 Å². The van der Waals surface area contributed by atoms with Gasteiger partial charge in [0, 0.05) is 16.9 Å². The molecule has 1 saturated carbocycles. The molecule has 1 rings (SSSR count). The Balaban J connectivity index is 2.94. The molecule has 0 spiro atoms. The van der Waals surface area contributed by atoms with Crippen LogP contribution in [0, 0.1) is 10.1 Å². The molecule has 0 bridgehead atoms. The smallest absolute Gasteiger partial charge is 0.270 e. The molecule has 1 aliphatic rings. The molecular formula is C9H13N3O4. The largest absolute Gasteiger partial charge is 0.410 e. The molecule has 0 heterocycles. The van der Waals surface area contributed by atoms with Gasteiger partial charge in [0.2, 0.25) is 6.04 Å². The molecule has 16 heavy (non-hydrogen) atoms. The summed E-state index contributed by atoms with van der Waals surface area (Å²) in [5, 5.41) is 22.0. The van der Waals surface area contributed by atoms with Crippen LogP contribution in [0.2, 0.25) is 0 Å². The van der Waals surface area contributed by atoms with Crippen molar-refractivity contribution in [3.63, 3.8) is 0 Å². The van der Waals surface area contributed by atoms with Gasteiger partial charge in [-0.15, -0.1) is 0 Å². The molecule has 0 saturated heterocycles. The summed E-state index contributed by atoms with van der Waals surface area (Å²) in [4.78, 5) is 21.2. The van der Waals surface area contributed by atoms with Crippen LogP contribution in [0.5, 0.6) is 0 Å². The van der Waals surface area contributed by atoms with E-state index in [1.54, 1.807) is 0 Å². The van der Waals surface area contributed by atoms with E-state index in [2.05, 4.69) is 5.16 Å². The minimum absolute atomic E-state index is 0.344. The molecule has 88 valence electrons. The number of rotatable bonds is 3. The summed E-state index contributed by atoms with van der Waals surface area (Å²) in [7, 11) is 0. The molecule has 0 aromatic heterocycles. The summed E-state index contributed by atoms with van der Waals surface area (Å²) < 4.78 is 0. The summed E-state index contributed by atoms with van der Waals surface area (Å²) >= 11 is 0. The van der Waals surface area contributed by atoms with Crippen LogP contribution in [0.25, 0.3) is 0 Å². The fourth-order valence-electron chi connectivity index (χ4n) is 1.75. The molecule has 1 aliphatic carbocycles. The monoisotopic (exact) mass is 227 g/mol. The van der Waals surface area contributed by atoms with Crippen LogP contribution in [0.15, 0.2) is 16.8 Å². The first-order valence-electron chi connectivity index (χ1n) is 4.92. The van der Waals surface area contributed by atoms with Gasteiger partial charge in [-0.2, -0.15) is 0 Å². The summed E-state index contributed by atoms with van der Waals surface area (Å²) in [5.41, 5.74) is 5.09. The van der Waals surface area contributed by atoms with E-state index < -0.39 is 11.9 Å². The molecule has 0 aromatic carbocycles. The Morgan fingerprint density at radius 1 is 1.62 bits per heavy atom.